The lowest BCUT2D eigenvalue weighted by Crippen LogP contribution is -2.27. The number of alkyl halides is 2. The predicted octanol–water partition coefficient (Wildman–Crippen LogP) is 0.662. The fourth-order valence-corrected chi connectivity index (χ4v) is 0.519. The molecule has 0 aromatic heterocycles. The summed E-state index contributed by atoms with van der Waals surface area (Å²) < 4.78 is 23.7. The van der Waals surface area contributed by atoms with Crippen molar-refractivity contribution >= 4 is 6.09 Å². The fourth-order valence-electron chi connectivity index (χ4n) is 0.519. The van der Waals surface area contributed by atoms with Crippen LogP contribution in [0.3, 0.4) is 0 Å². The van der Waals surface area contributed by atoms with Crippen LogP contribution in [0.25, 0.3) is 0 Å². The molecule has 1 amide bonds. The third kappa shape index (κ3) is 1.28. The van der Waals surface area contributed by atoms with Crippen molar-refractivity contribution < 1.29 is 18.7 Å². The zero-order chi connectivity index (χ0) is 7.07. The van der Waals surface area contributed by atoms with Gasteiger partial charge in [-0.25, -0.2) is 13.6 Å². The summed E-state index contributed by atoms with van der Waals surface area (Å²) in [5.74, 6) is -2.79. The van der Waals surface area contributed by atoms with Crippen LogP contribution in [0.15, 0.2) is 0 Å². The van der Waals surface area contributed by atoms with Gasteiger partial charge in [-0.15, -0.1) is 0 Å². The van der Waals surface area contributed by atoms with E-state index in [1.54, 1.807) is 5.32 Å². The molecule has 0 heterocycles. The topological polar surface area (TPSA) is 49.3 Å². The lowest BCUT2D eigenvalue weighted by Gasteiger charge is -1.94. The van der Waals surface area contributed by atoms with Gasteiger partial charge in [0, 0.05) is 6.42 Å². The number of carbonyl (C=O) groups is 1. The molecule has 5 heteroatoms. The Hall–Kier alpha value is -0.870. The maximum atomic E-state index is 11.8. The normalized spacial score (nSPS) is 29.3. The van der Waals surface area contributed by atoms with Gasteiger partial charge in [0.25, 0.3) is 5.92 Å². The van der Waals surface area contributed by atoms with Crippen molar-refractivity contribution in [2.45, 2.75) is 18.4 Å². The number of nitrogens with one attached hydrogen (secondary N) is 1. The summed E-state index contributed by atoms with van der Waals surface area (Å²) in [5, 5.41) is 9.59. The first-order valence-corrected chi connectivity index (χ1v) is 2.39. The first-order valence-electron chi connectivity index (χ1n) is 2.39. The Labute approximate surface area is 49.7 Å². The van der Waals surface area contributed by atoms with Crippen LogP contribution in [-0.4, -0.2) is 23.2 Å². The molecule has 3 nitrogen and oxygen atoms in total. The Morgan fingerprint density at radius 3 is 2.33 bits per heavy atom. The molecule has 1 fully saturated rings. The minimum atomic E-state index is -2.79. The first-order chi connectivity index (χ1) is 4.02. The molecular weight excluding hydrogens is 132 g/mol. The van der Waals surface area contributed by atoms with Crippen LogP contribution in [0.2, 0.25) is 0 Å². The molecule has 9 heavy (non-hydrogen) atoms. The molecule has 0 aliphatic heterocycles. The molecule has 1 rings (SSSR count). The van der Waals surface area contributed by atoms with Crippen LogP contribution < -0.4 is 5.32 Å². The van der Waals surface area contributed by atoms with Crippen LogP contribution in [0.1, 0.15) is 6.42 Å². The molecule has 0 bridgehead atoms. The van der Waals surface area contributed by atoms with Gasteiger partial charge in [-0.3, -0.25) is 0 Å². The molecule has 1 unspecified atom stereocenters. The predicted molar refractivity (Wildman–Crippen MR) is 24.5 cm³/mol. The van der Waals surface area contributed by atoms with Crippen LogP contribution in [0.5, 0.6) is 0 Å². The fraction of sp³-hybridized carbons (Fsp3) is 0.750. The lowest BCUT2D eigenvalue weighted by atomic mass is 10.7. The summed E-state index contributed by atoms with van der Waals surface area (Å²) in [7, 11) is 0. The zero-order valence-electron chi connectivity index (χ0n) is 4.40. The summed E-state index contributed by atoms with van der Waals surface area (Å²) in [4.78, 5) is 9.69. The van der Waals surface area contributed by atoms with Crippen LogP contribution in [-0.2, 0) is 0 Å². The molecule has 0 saturated heterocycles. The molecule has 1 atom stereocenters. The van der Waals surface area contributed by atoms with E-state index in [4.69, 9.17) is 5.11 Å². The van der Waals surface area contributed by atoms with E-state index in [0.717, 1.165) is 0 Å². The quantitative estimate of drug-likeness (QED) is 0.557. The monoisotopic (exact) mass is 137 g/mol. The van der Waals surface area contributed by atoms with Crippen molar-refractivity contribution in [3.63, 3.8) is 0 Å². The van der Waals surface area contributed by atoms with Crippen molar-refractivity contribution in [1.29, 1.82) is 0 Å². The number of carboxylic acid groups (broad SMARTS) is 1. The molecule has 0 spiro atoms. The zero-order valence-corrected chi connectivity index (χ0v) is 4.40. The van der Waals surface area contributed by atoms with Gasteiger partial charge in [-0.05, 0) is 0 Å². The number of halogens is 2. The van der Waals surface area contributed by atoms with Gasteiger partial charge in [0.1, 0.15) is 6.04 Å². The van der Waals surface area contributed by atoms with E-state index in [2.05, 4.69) is 0 Å². The molecular formula is C4H5F2NO2. The van der Waals surface area contributed by atoms with Crippen molar-refractivity contribution in [2.75, 3.05) is 0 Å². The molecule has 0 radical (unpaired) electrons. The van der Waals surface area contributed by atoms with E-state index >= 15 is 0 Å². The second-order valence-electron chi connectivity index (χ2n) is 1.97. The Morgan fingerprint density at radius 2 is 2.22 bits per heavy atom. The van der Waals surface area contributed by atoms with E-state index < -0.39 is 18.1 Å². The van der Waals surface area contributed by atoms with Gasteiger partial charge in [0.15, 0.2) is 0 Å². The average Bonchev–Trinajstić information content (AvgIpc) is 2.10. The minimum Gasteiger partial charge on any atom is -0.465 e. The Bertz CT molecular complexity index is 148. The summed E-state index contributed by atoms with van der Waals surface area (Å²) in [6.07, 6.45) is -1.75. The van der Waals surface area contributed by atoms with Crippen LogP contribution >= 0.6 is 0 Å². The second-order valence-corrected chi connectivity index (χ2v) is 1.97. The number of hydrogen-bond acceptors (Lipinski definition) is 1. The van der Waals surface area contributed by atoms with Gasteiger partial charge in [0.2, 0.25) is 0 Å². The van der Waals surface area contributed by atoms with Gasteiger partial charge in [0.05, 0.1) is 0 Å². The Kier molecular flexibility index (Phi) is 1.08. The standard InChI is InChI=1S/C4H5F2NO2/c5-4(6)1-2(4)7-3(8)9/h2,7H,1H2,(H,8,9). The van der Waals surface area contributed by atoms with Crippen molar-refractivity contribution in [3.8, 4) is 0 Å². The number of hydrogen-bond donors (Lipinski definition) is 2. The number of amides is 1. The van der Waals surface area contributed by atoms with E-state index in [1.165, 1.54) is 0 Å². The molecule has 1 aliphatic carbocycles. The van der Waals surface area contributed by atoms with Crippen molar-refractivity contribution in [1.82, 2.24) is 5.32 Å². The molecule has 1 saturated carbocycles. The summed E-state index contributed by atoms with van der Waals surface area (Å²) in [6, 6.07) is -1.14. The summed E-state index contributed by atoms with van der Waals surface area (Å²) in [6.45, 7) is 0. The summed E-state index contributed by atoms with van der Waals surface area (Å²) >= 11 is 0. The third-order valence-electron chi connectivity index (χ3n) is 1.12. The second kappa shape index (κ2) is 1.55. The minimum absolute atomic E-state index is 0.362. The molecule has 52 valence electrons. The molecule has 0 aromatic carbocycles. The lowest BCUT2D eigenvalue weighted by molar-refractivity contribution is 0.104. The van der Waals surface area contributed by atoms with Gasteiger partial charge in [-0.1, -0.05) is 0 Å². The SMILES string of the molecule is O=C(O)NC1CC1(F)F. The van der Waals surface area contributed by atoms with Gasteiger partial charge < -0.3 is 10.4 Å². The summed E-state index contributed by atoms with van der Waals surface area (Å²) in [5.41, 5.74) is 0. The highest BCUT2D eigenvalue weighted by Gasteiger charge is 2.58. The van der Waals surface area contributed by atoms with E-state index in [-0.39, 0.29) is 6.42 Å². The first kappa shape index (κ1) is 6.25. The van der Waals surface area contributed by atoms with E-state index in [1.807, 2.05) is 0 Å². The van der Waals surface area contributed by atoms with Crippen molar-refractivity contribution in [2.24, 2.45) is 0 Å². The van der Waals surface area contributed by atoms with Crippen molar-refractivity contribution in [3.05, 3.63) is 0 Å². The molecule has 0 aromatic rings. The van der Waals surface area contributed by atoms with Crippen LogP contribution in [0.4, 0.5) is 13.6 Å². The highest BCUT2D eigenvalue weighted by atomic mass is 19.3. The van der Waals surface area contributed by atoms with E-state index in [0.29, 0.717) is 0 Å². The third-order valence-corrected chi connectivity index (χ3v) is 1.12. The maximum Gasteiger partial charge on any atom is 0.405 e. The van der Waals surface area contributed by atoms with Gasteiger partial charge >= 0.3 is 6.09 Å². The largest absolute Gasteiger partial charge is 0.465 e. The highest BCUT2D eigenvalue weighted by molar-refractivity contribution is 5.65. The number of rotatable bonds is 1. The maximum absolute atomic E-state index is 11.8. The smallest absolute Gasteiger partial charge is 0.405 e. The van der Waals surface area contributed by atoms with Gasteiger partial charge in [-0.2, -0.15) is 0 Å². The van der Waals surface area contributed by atoms with Crippen LogP contribution in [0, 0.1) is 0 Å². The molecule has 1 aliphatic rings. The Morgan fingerprint density at radius 1 is 1.78 bits per heavy atom. The van der Waals surface area contributed by atoms with E-state index in [9.17, 15) is 13.6 Å². The molecule has 2 N–H and O–H groups in total. The highest BCUT2D eigenvalue weighted by Crippen LogP contribution is 2.41. The Balaban J connectivity index is 2.28. The average molecular weight is 137 g/mol.